The van der Waals surface area contributed by atoms with Crippen LogP contribution in [0.25, 0.3) is 11.0 Å². The topological polar surface area (TPSA) is 75.1 Å². The van der Waals surface area contributed by atoms with Crippen LogP contribution in [-0.2, 0) is 0 Å². The Morgan fingerprint density at radius 2 is 2.05 bits per heavy atom. The van der Waals surface area contributed by atoms with Gasteiger partial charge in [0.1, 0.15) is 0 Å². The minimum absolute atomic E-state index is 0.175. The fourth-order valence-corrected chi connectivity index (χ4v) is 2.69. The highest BCUT2D eigenvalue weighted by Gasteiger charge is 2.11. The van der Waals surface area contributed by atoms with Crippen LogP contribution in [-0.4, -0.2) is 27.5 Å². The highest BCUT2D eigenvalue weighted by molar-refractivity contribution is 7.07. The first-order chi connectivity index (χ1) is 10.2. The van der Waals surface area contributed by atoms with E-state index in [9.17, 15) is 9.90 Å². The average molecular weight is 299 g/mol. The SMILES string of the molecule is O=C(NCC(O)c1ccsc1)c1ccc2nccnc2c1. The molecular formula is C15H13N3O2S. The van der Waals surface area contributed by atoms with Crippen molar-refractivity contribution >= 4 is 28.3 Å². The van der Waals surface area contributed by atoms with E-state index < -0.39 is 6.10 Å². The minimum atomic E-state index is -0.694. The van der Waals surface area contributed by atoms with Gasteiger partial charge in [-0.2, -0.15) is 11.3 Å². The van der Waals surface area contributed by atoms with E-state index in [1.54, 1.807) is 30.6 Å². The Morgan fingerprint density at radius 3 is 2.81 bits per heavy atom. The molecule has 106 valence electrons. The van der Waals surface area contributed by atoms with Crippen molar-refractivity contribution in [1.29, 1.82) is 0 Å². The number of carbonyl (C=O) groups excluding carboxylic acids is 1. The molecule has 1 unspecified atom stereocenters. The summed E-state index contributed by atoms with van der Waals surface area (Å²) in [6.45, 7) is 0.175. The summed E-state index contributed by atoms with van der Waals surface area (Å²) in [5.74, 6) is -0.239. The second kappa shape index (κ2) is 5.99. The Hall–Kier alpha value is -2.31. The van der Waals surface area contributed by atoms with Crippen molar-refractivity contribution in [3.63, 3.8) is 0 Å². The number of thiophene rings is 1. The molecule has 0 saturated heterocycles. The van der Waals surface area contributed by atoms with E-state index >= 15 is 0 Å². The average Bonchev–Trinajstić information content (AvgIpc) is 3.06. The van der Waals surface area contributed by atoms with Crippen LogP contribution in [0, 0.1) is 0 Å². The molecule has 0 radical (unpaired) electrons. The Bertz CT molecular complexity index is 758. The number of nitrogens with zero attached hydrogens (tertiary/aromatic N) is 2. The summed E-state index contributed by atoms with van der Waals surface area (Å²) in [7, 11) is 0. The molecule has 2 heterocycles. The van der Waals surface area contributed by atoms with E-state index in [2.05, 4.69) is 15.3 Å². The molecule has 21 heavy (non-hydrogen) atoms. The Morgan fingerprint density at radius 1 is 1.24 bits per heavy atom. The van der Waals surface area contributed by atoms with Gasteiger partial charge in [0.2, 0.25) is 0 Å². The number of carbonyl (C=O) groups is 1. The molecule has 2 aromatic heterocycles. The first-order valence-electron chi connectivity index (χ1n) is 6.43. The maximum Gasteiger partial charge on any atom is 0.251 e. The molecule has 0 fully saturated rings. The van der Waals surface area contributed by atoms with Crippen LogP contribution < -0.4 is 5.32 Å². The van der Waals surface area contributed by atoms with Crippen molar-refractivity contribution in [1.82, 2.24) is 15.3 Å². The van der Waals surface area contributed by atoms with Gasteiger partial charge in [-0.05, 0) is 40.6 Å². The van der Waals surface area contributed by atoms with E-state index in [1.165, 1.54) is 11.3 Å². The number of fused-ring (bicyclic) bond motifs is 1. The van der Waals surface area contributed by atoms with Gasteiger partial charge in [0.25, 0.3) is 5.91 Å². The number of hydrogen-bond acceptors (Lipinski definition) is 5. The molecular weight excluding hydrogens is 286 g/mol. The highest BCUT2D eigenvalue weighted by atomic mass is 32.1. The number of hydrogen-bond donors (Lipinski definition) is 2. The molecule has 0 aliphatic heterocycles. The van der Waals surface area contributed by atoms with Gasteiger partial charge in [-0.15, -0.1) is 0 Å². The largest absolute Gasteiger partial charge is 0.387 e. The predicted octanol–water partition coefficient (Wildman–Crippen LogP) is 2.15. The number of amides is 1. The lowest BCUT2D eigenvalue weighted by atomic mass is 10.1. The summed E-state index contributed by atoms with van der Waals surface area (Å²) >= 11 is 1.51. The van der Waals surface area contributed by atoms with Gasteiger partial charge in [-0.1, -0.05) is 0 Å². The van der Waals surface area contributed by atoms with Gasteiger partial charge in [0, 0.05) is 24.5 Å². The summed E-state index contributed by atoms with van der Waals surface area (Å²) in [5, 5.41) is 16.4. The fourth-order valence-electron chi connectivity index (χ4n) is 1.98. The summed E-state index contributed by atoms with van der Waals surface area (Å²) in [6.07, 6.45) is 2.50. The van der Waals surface area contributed by atoms with Crippen LogP contribution in [0.5, 0.6) is 0 Å². The Labute approximate surface area is 125 Å². The van der Waals surface area contributed by atoms with Gasteiger partial charge >= 0.3 is 0 Å². The molecule has 0 saturated carbocycles. The molecule has 1 amide bonds. The lowest BCUT2D eigenvalue weighted by Gasteiger charge is -2.10. The van der Waals surface area contributed by atoms with Crippen LogP contribution in [0.3, 0.4) is 0 Å². The molecule has 0 spiro atoms. The van der Waals surface area contributed by atoms with Gasteiger partial charge < -0.3 is 10.4 Å². The van der Waals surface area contributed by atoms with Gasteiger partial charge in [-0.3, -0.25) is 14.8 Å². The van der Waals surface area contributed by atoms with E-state index in [0.717, 1.165) is 11.1 Å². The van der Waals surface area contributed by atoms with Gasteiger partial charge in [0.05, 0.1) is 17.1 Å². The van der Waals surface area contributed by atoms with Gasteiger partial charge in [0.15, 0.2) is 0 Å². The van der Waals surface area contributed by atoms with Crippen molar-refractivity contribution in [2.45, 2.75) is 6.10 Å². The summed E-state index contributed by atoms with van der Waals surface area (Å²) < 4.78 is 0. The van der Waals surface area contributed by atoms with Crippen LogP contribution in [0.1, 0.15) is 22.0 Å². The van der Waals surface area contributed by atoms with E-state index in [-0.39, 0.29) is 12.5 Å². The zero-order chi connectivity index (χ0) is 14.7. The lowest BCUT2D eigenvalue weighted by molar-refractivity contribution is 0.0916. The predicted molar refractivity (Wildman–Crippen MR) is 81.2 cm³/mol. The number of rotatable bonds is 4. The molecule has 6 heteroatoms. The molecule has 3 aromatic rings. The molecule has 3 rings (SSSR count). The third-order valence-electron chi connectivity index (χ3n) is 3.12. The van der Waals surface area contributed by atoms with Crippen molar-refractivity contribution in [3.05, 3.63) is 58.5 Å². The second-order valence-electron chi connectivity index (χ2n) is 4.54. The monoisotopic (exact) mass is 299 g/mol. The van der Waals surface area contributed by atoms with Crippen molar-refractivity contribution in [2.24, 2.45) is 0 Å². The highest BCUT2D eigenvalue weighted by Crippen LogP contribution is 2.15. The molecule has 2 N–H and O–H groups in total. The summed E-state index contributed by atoms with van der Waals surface area (Å²) in [4.78, 5) is 20.4. The molecule has 1 aromatic carbocycles. The smallest absolute Gasteiger partial charge is 0.251 e. The quantitative estimate of drug-likeness (QED) is 0.774. The third-order valence-corrected chi connectivity index (χ3v) is 3.82. The molecule has 1 atom stereocenters. The number of nitrogens with one attached hydrogen (secondary N) is 1. The zero-order valence-corrected chi connectivity index (χ0v) is 11.9. The number of aromatic nitrogens is 2. The van der Waals surface area contributed by atoms with Crippen molar-refractivity contribution in [3.8, 4) is 0 Å². The van der Waals surface area contributed by atoms with Crippen LogP contribution in [0.2, 0.25) is 0 Å². The first-order valence-corrected chi connectivity index (χ1v) is 7.37. The number of aliphatic hydroxyl groups is 1. The van der Waals surface area contributed by atoms with Gasteiger partial charge in [-0.25, -0.2) is 0 Å². The van der Waals surface area contributed by atoms with Crippen molar-refractivity contribution in [2.75, 3.05) is 6.54 Å². The molecule has 0 bridgehead atoms. The lowest BCUT2D eigenvalue weighted by Crippen LogP contribution is -2.28. The fraction of sp³-hybridized carbons (Fsp3) is 0.133. The zero-order valence-electron chi connectivity index (χ0n) is 11.1. The maximum absolute atomic E-state index is 12.1. The standard InChI is InChI=1S/C15H13N3O2S/c19-14(11-3-6-21-9-11)8-18-15(20)10-1-2-12-13(7-10)17-5-4-16-12/h1-7,9,14,19H,8H2,(H,18,20). The molecule has 5 nitrogen and oxygen atoms in total. The normalized spacial score (nSPS) is 12.2. The van der Waals surface area contributed by atoms with Crippen LogP contribution in [0.15, 0.2) is 47.4 Å². The molecule has 0 aliphatic rings. The second-order valence-corrected chi connectivity index (χ2v) is 5.32. The number of benzene rings is 1. The Kier molecular flexibility index (Phi) is 3.89. The minimum Gasteiger partial charge on any atom is -0.387 e. The van der Waals surface area contributed by atoms with Crippen molar-refractivity contribution < 1.29 is 9.90 Å². The van der Waals surface area contributed by atoms with E-state index in [4.69, 9.17) is 0 Å². The number of aliphatic hydroxyl groups excluding tert-OH is 1. The van der Waals surface area contributed by atoms with Crippen LogP contribution in [0.4, 0.5) is 0 Å². The maximum atomic E-state index is 12.1. The summed E-state index contributed by atoms with van der Waals surface area (Å²) in [6, 6.07) is 6.98. The third kappa shape index (κ3) is 3.07. The van der Waals surface area contributed by atoms with E-state index in [1.807, 2.05) is 16.8 Å². The molecule has 0 aliphatic carbocycles. The first kappa shape index (κ1) is 13.7. The van der Waals surface area contributed by atoms with Crippen LogP contribution >= 0.6 is 11.3 Å². The van der Waals surface area contributed by atoms with E-state index in [0.29, 0.717) is 11.1 Å². The Balaban J connectivity index is 1.69. The summed E-state index contributed by atoms with van der Waals surface area (Å²) in [5.41, 5.74) is 2.72.